The molecule has 2 amide bonds. The zero-order chi connectivity index (χ0) is 24.5. The molecular formula is C27H32N2O5. The normalized spacial score (nSPS) is 16.1. The lowest BCUT2D eigenvalue weighted by Crippen LogP contribution is -2.59. The molecule has 2 aromatic rings. The van der Waals surface area contributed by atoms with Crippen LogP contribution in [0.3, 0.4) is 0 Å². The van der Waals surface area contributed by atoms with Gasteiger partial charge in [0, 0.05) is 24.9 Å². The Kier molecular flexibility index (Phi) is 6.39. The van der Waals surface area contributed by atoms with Crippen molar-refractivity contribution in [3.8, 4) is 11.1 Å². The number of carboxylic acids is 1. The zero-order valence-corrected chi connectivity index (χ0v) is 20.0. The molecule has 0 saturated heterocycles. The molecule has 7 heteroatoms. The van der Waals surface area contributed by atoms with E-state index in [-0.39, 0.29) is 24.9 Å². The molecule has 4 rings (SSSR count). The molecule has 2 aliphatic rings. The minimum absolute atomic E-state index is 0.0221. The van der Waals surface area contributed by atoms with Crippen LogP contribution in [0.1, 0.15) is 63.0 Å². The van der Waals surface area contributed by atoms with Crippen LogP contribution in [0.2, 0.25) is 0 Å². The number of carbonyl (C=O) groups excluding carboxylic acids is 2. The molecule has 2 N–H and O–H groups in total. The van der Waals surface area contributed by atoms with Crippen molar-refractivity contribution < 1.29 is 24.2 Å². The van der Waals surface area contributed by atoms with E-state index in [4.69, 9.17) is 4.74 Å². The third-order valence-electron chi connectivity index (χ3n) is 7.34. The van der Waals surface area contributed by atoms with Crippen molar-refractivity contribution in [2.24, 2.45) is 0 Å². The quantitative estimate of drug-likeness (QED) is 0.598. The summed E-state index contributed by atoms with van der Waals surface area (Å²) < 4.78 is 5.62. The van der Waals surface area contributed by atoms with Gasteiger partial charge in [-0.05, 0) is 61.8 Å². The number of carbonyl (C=O) groups is 3. The topological polar surface area (TPSA) is 95.9 Å². The fraction of sp³-hybridized carbons (Fsp3) is 0.444. The molecule has 1 saturated carbocycles. The highest BCUT2D eigenvalue weighted by atomic mass is 16.5. The number of benzene rings is 2. The number of hydrogen-bond donors (Lipinski definition) is 2. The number of fused-ring (bicyclic) bond motifs is 3. The standard InChI is InChI=1S/C27H32N2O5/c1-26(2,16-13-23(30)29(3)27(24(31)32)14-8-15-27)28-25(33)34-17-22-20-11-6-4-9-18(20)19-10-5-7-12-21(19)22/h4-7,9-12,22H,8,13-17H2,1-3H3,(H,28,33)(H,31,32). The third-order valence-corrected chi connectivity index (χ3v) is 7.34. The maximum absolute atomic E-state index is 12.7. The summed E-state index contributed by atoms with van der Waals surface area (Å²) in [6, 6.07) is 16.3. The van der Waals surface area contributed by atoms with E-state index >= 15 is 0 Å². The molecule has 0 atom stereocenters. The Balaban J connectivity index is 1.32. The first-order chi connectivity index (χ1) is 16.1. The molecule has 2 aliphatic carbocycles. The lowest BCUT2D eigenvalue weighted by atomic mass is 9.75. The highest BCUT2D eigenvalue weighted by Gasteiger charge is 2.49. The summed E-state index contributed by atoms with van der Waals surface area (Å²) in [5, 5.41) is 12.4. The Morgan fingerprint density at radius 3 is 2.12 bits per heavy atom. The molecule has 0 aromatic heterocycles. The lowest BCUT2D eigenvalue weighted by molar-refractivity contribution is -0.164. The summed E-state index contributed by atoms with van der Waals surface area (Å²) in [4.78, 5) is 38.3. The summed E-state index contributed by atoms with van der Waals surface area (Å²) >= 11 is 0. The number of aliphatic carboxylic acids is 1. The highest BCUT2D eigenvalue weighted by Crippen LogP contribution is 2.44. The Labute approximate surface area is 200 Å². The van der Waals surface area contributed by atoms with Crippen LogP contribution < -0.4 is 5.32 Å². The van der Waals surface area contributed by atoms with Crippen LogP contribution in [0.5, 0.6) is 0 Å². The molecule has 2 aromatic carbocycles. The number of nitrogens with one attached hydrogen (secondary N) is 1. The van der Waals surface area contributed by atoms with Crippen molar-refractivity contribution in [3.05, 3.63) is 59.7 Å². The number of nitrogens with zero attached hydrogens (tertiary/aromatic N) is 1. The molecule has 1 fully saturated rings. The van der Waals surface area contributed by atoms with Gasteiger partial charge in [-0.2, -0.15) is 0 Å². The average Bonchev–Trinajstić information content (AvgIpc) is 3.08. The molecule has 0 heterocycles. The molecule has 0 aliphatic heterocycles. The second-order valence-electron chi connectivity index (χ2n) is 9.98. The molecule has 0 bridgehead atoms. The molecule has 0 unspecified atom stereocenters. The lowest BCUT2D eigenvalue weighted by Gasteiger charge is -2.45. The minimum atomic E-state index is -1.08. The van der Waals surface area contributed by atoms with Gasteiger partial charge in [-0.1, -0.05) is 48.5 Å². The van der Waals surface area contributed by atoms with Crippen molar-refractivity contribution in [3.63, 3.8) is 0 Å². The Morgan fingerprint density at radius 2 is 1.62 bits per heavy atom. The molecule has 180 valence electrons. The van der Waals surface area contributed by atoms with E-state index in [2.05, 4.69) is 29.6 Å². The number of alkyl carbamates (subject to hydrolysis) is 1. The predicted molar refractivity (Wildman–Crippen MR) is 129 cm³/mol. The number of carboxylic acid groups (broad SMARTS) is 1. The van der Waals surface area contributed by atoms with Crippen molar-refractivity contribution >= 4 is 18.0 Å². The van der Waals surface area contributed by atoms with Crippen LogP contribution in [-0.2, 0) is 14.3 Å². The van der Waals surface area contributed by atoms with Gasteiger partial charge >= 0.3 is 12.1 Å². The molecular weight excluding hydrogens is 432 g/mol. The van der Waals surface area contributed by atoms with Gasteiger partial charge in [-0.3, -0.25) is 4.79 Å². The van der Waals surface area contributed by atoms with Crippen LogP contribution in [0, 0.1) is 0 Å². The first-order valence-corrected chi connectivity index (χ1v) is 11.8. The molecule has 34 heavy (non-hydrogen) atoms. The third kappa shape index (κ3) is 4.39. The summed E-state index contributed by atoms with van der Waals surface area (Å²) in [7, 11) is 1.56. The maximum Gasteiger partial charge on any atom is 0.407 e. The van der Waals surface area contributed by atoms with Crippen LogP contribution >= 0.6 is 0 Å². The van der Waals surface area contributed by atoms with Crippen molar-refractivity contribution in [2.75, 3.05) is 13.7 Å². The van der Waals surface area contributed by atoms with E-state index in [9.17, 15) is 19.5 Å². The SMILES string of the molecule is CN(C(=O)CCC(C)(C)NC(=O)OCC1c2ccccc2-c2ccccc21)C1(C(=O)O)CCC1. The van der Waals surface area contributed by atoms with Crippen molar-refractivity contribution in [2.45, 2.75) is 62.9 Å². The molecule has 7 nitrogen and oxygen atoms in total. The average molecular weight is 465 g/mol. The van der Waals surface area contributed by atoms with Gasteiger partial charge < -0.3 is 20.1 Å². The number of rotatable bonds is 8. The molecule has 0 radical (unpaired) electrons. The van der Waals surface area contributed by atoms with Gasteiger partial charge in [0.1, 0.15) is 12.1 Å². The Bertz CT molecular complexity index is 1060. The van der Waals surface area contributed by atoms with Crippen LogP contribution in [-0.4, -0.2) is 52.7 Å². The number of ether oxygens (including phenoxy) is 1. The van der Waals surface area contributed by atoms with E-state index in [0.717, 1.165) is 17.5 Å². The van der Waals surface area contributed by atoms with E-state index in [1.165, 1.54) is 16.0 Å². The van der Waals surface area contributed by atoms with Crippen LogP contribution in [0.25, 0.3) is 11.1 Å². The highest BCUT2D eigenvalue weighted by molar-refractivity contribution is 5.87. The second-order valence-corrected chi connectivity index (χ2v) is 9.98. The van der Waals surface area contributed by atoms with Gasteiger partial charge in [-0.15, -0.1) is 0 Å². The van der Waals surface area contributed by atoms with Gasteiger partial charge in [0.05, 0.1) is 0 Å². The summed E-state index contributed by atoms with van der Waals surface area (Å²) in [6.45, 7) is 3.88. The first kappa shape index (κ1) is 23.8. The van der Waals surface area contributed by atoms with Gasteiger partial charge in [-0.25, -0.2) is 9.59 Å². The van der Waals surface area contributed by atoms with E-state index in [0.29, 0.717) is 19.3 Å². The fourth-order valence-electron chi connectivity index (χ4n) is 5.00. The fourth-order valence-corrected chi connectivity index (χ4v) is 5.00. The monoisotopic (exact) mass is 464 g/mol. The van der Waals surface area contributed by atoms with Crippen LogP contribution in [0.4, 0.5) is 4.79 Å². The Morgan fingerprint density at radius 1 is 1.06 bits per heavy atom. The van der Waals surface area contributed by atoms with Crippen molar-refractivity contribution in [1.29, 1.82) is 0 Å². The zero-order valence-electron chi connectivity index (χ0n) is 20.0. The summed E-state index contributed by atoms with van der Waals surface area (Å²) in [5.41, 5.74) is 2.86. The number of amides is 2. The van der Waals surface area contributed by atoms with E-state index < -0.39 is 23.1 Å². The molecule has 0 spiro atoms. The summed E-state index contributed by atoms with van der Waals surface area (Å²) in [6.07, 6.45) is 1.74. The minimum Gasteiger partial charge on any atom is -0.479 e. The van der Waals surface area contributed by atoms with Gasteiger partial charge in [0.15, 0.2) is 0 Å². The van der Waals surface area contributed by atoms with Crippen LogP contribution in [0.15, 0.2) is 48.5 Å². The van der Waals surface area contributed by atoms with E-state index in [1.807, 2.05) is 38.1 Å². The number of likely N-dealkylation sites (N-methyl/N-ethyl adjacent to an activating group) is 1. The summed E-state index contributed by atoms with van der Waals surface area (Å²) in [5.74, 6) is -1.21. The maximum atomic E-state index is 12.7. The predicted octanol–water partition coefficient (Wildman–Crippen LogP) is 4.55. The van der Waals surface area contributed by atoms with Crippen molar-refractivity contribution in [1.82, 2.24) is 10.2 Å². The van der Waals surface area contributed by atoms with E-state index in [1.54, 1.807) is 7.05 Å². The Hall–Kier alpha value is -3.35. The smallest absolute Gasteiger partial charge is 0.407 e. The first-order valence-electron chi connectivity index (χ1n) is 11.8. The second kappa shape index (κ2) is 9.12. The van der Waals surface area contributed by atoms with Gasteiger partial charge in [0.25, 0.3) is 0 Å². The largest absolute Gasteiger partial charge is 0.479 e. The number of hydrogen-bond acceptors (Lipinski definition) is 4. The van der Waals surface area contributed by atoms with Gasteiger partial charge in [0.2, 0.25) is 5.91 Å².